The second-order valence-electron chi connectivity index (χ2n) is 6.67. The molecule has 3 aromatic carbocycles. The monoisotopic (exact) mass is 368 g/mol. The summed E-state index contributed by atoms with van der Waals surface area (Å²) in [6, 6.07) is 19.3. The van der Waals surface area contributed by atoms with Crippen LogP contribution in [0, 0.1) is 0 Å². The first kappa shape index (κ1) is 16.3. The molecule has 1 aliphatic rings. The number of anilines is 3. The third-order valence-corrected chi connectivity index (χ3v) is 4.91. The molecule has 0 fully saturated rings. The zero-order valence-corrected chi connectivity index (χ0v) is 14.8. The van der Waals surface area contributed by atoms with Gasteiger partial charge in [0, 0.05) is 22.8 Å². The summed E-state index contributed by atoms with van der Waals surface area (Å²) in [5.41, 5.74) is 3.89. The van der Waals surface area contributed by atoms with Crippen molar-refractivity contribution in [2.75, 3.05) is 10.2 Å². The van der Waals surface area contributed by atoms with Crippen LogP contribution in [0.4, 0.5) is 17.1 Å². The molecule has 0 saturated heterocycles. The van der Waals surface area contributed by atoms with Crippen LogP contribution >= 0.6 is 0 Å². The SMILES string of the molecule is O=C1CC(=O)N(c2cccc(-c3cn[nH]c3)c2)c2ccc3ccccc3c2N1. The lowest BCUT2D eigenvalue weighted by Crippen LogP contribution is -2.26. The fourth-order valence-corrected chi connectivity index (χ4v) is 3.63. The number of hydrogen-bond donors (Lipinski definition) is 2. The Hall–Kier alpha value is -3.93. The van der Waals surface area contributed by atoms with Gasteiger partial charge in [0.15, 0.2) is 0 Å². The number of hydrogen-bond acceptors (Lipinski definition) is 3. The molecule has 2 amide bonds. The van der Waals surface area contributed by atoms with Gasteiger partial charge in [-0.2, -0.15) is 5.10 Å². The van der Waals surface area contributed by atoms with E-state index in [1.807, 2.05) is 60.7 Å². The molecule has 6 heteroatoms. The van der Waals surface area contributed by atoms with Crippen molar-refractivity contribution in [3.63, 3.8) is 0 Å². The number of nitrogens with one attached hydrogen (secondary N) is 2. The largest absolute Gasteiger partial charge is 0.323 e. The summed E-state index contributed by atoms with van der Waals surface area (Å²) in [5.74, 6) is -0.577. The van der Waals surface area contributed by atoms with Gasteiger partial charge < -0.3 is 5.32 Å². The molecular weight excluding hydrogens is 352 g/mol. The molecule has 4 aromatic rings. The standard InChI is InChI=1S/C22H16N4O2/c27-20-11-21(28)26(17-6-3-5-15(10-17)16-12-23-24-13-16)19-9-8-14-4-1-2-7-18(14)22(19)25-20/h1-10,12-13H,11H2,(H,23,24)(H,25,27). The van der Waals surface area contributed by atoms with Crippen molar-refractivity contribution < 1.29 is 9.59 Å². The molecule has 136 valence electrons. The predicted molar refractivity (Wildman–Crippen MR) is 108 cm³/mol. The number of nitrogens with zero attached hydrogens (tertiary/aromatic N) is 2. The number of aromatic nitrogens is 2. The van der Waals surface area contributed by atoms with E-state index in [1.165, 1.54) is 0 Å². The maximum Gasteiger partial charge on any atom is 0.241 e. The van der Waals surface area contributed by atoms with Gasteiger partial charge in [0.1, 0.15) is 6.42 Å². The molecule has 0 bridgehead atoms. The molecule has 6 nitrogen and oxygen atoms in total. The van der Waals surface area contributed by atoms with Crippen molar-refractivity contribution in [3.05, 3.63) is 73.1 Å². The van der Waals surface area contributed by atoms with E-state index in [1.54, 1.807) is 17.3 Å². The average Bonchev–Trinajstić information content (AvgIpc) is 3.20. The van der Waals surface area contributed by atoms with Crippen LogP contribution in [0.25, 0.3) is 21.9 Å². The van der Waals surface area contributed by atoms with Gasteiger partial charge in [-0.25, -0.2) is 0 Å². The Morgan fingerprint density at radius 2 is 1.82 bits per heavy atom. The zero-order chi connectivity index (χ0) is 19.1. The van der Waals surface area contributed by atoms with E-state index in [4.69, 9.17) is 0 Å². The number of carbonyl (C=O) groups is 2. The number of H-pyrrole nitrogens is 1. The third-order valence-electron chi connectivity index (χ3n) is 4.91. The highest BCUT2D eigenvalue weighted by Gasteiger charge is 2.28. The Bertz CT molecular complexity index is 1210. The van der Waals surface area contributed by atoms with Crippen LogP contribution in [0.3, 0.4) is 0 Å². The summed E-state index contributed by atoms with van der Waals surface area (Å²) >= 11 is 0. The van der Waals surface area contributed by atoms with E-state index in [2.05, 4.69) is 15.5 Å². The van der Waals surface area contributed by atoms with Crippen LogP contribution in [0.5, 0.6) is 0 Å². The van der Waals surface area contributed by atoms with E-state index in [0.717, 1.165) is 21.9 Å². The van der Waals surface area contributed by atoms with Gasteiger partial charge in [0.05, 0.1) is 17.6 Å². The Morgan fingerprint density at radius 1 is 0.929 bits per heavy atom. The number of carbonyl (C=O) groups excluding carboxylic acids is 2. The number of aromatic amines is 1. The first-order valence-electron chi connectivity index (χ1n) is 8.94. The molecule has 0 radical (unpaired) electrons. The summed E-state index contributed by atoms with van der Waals surface area (Å²) in [4.78, 5) is 26.9. The summed E-state index contributed by atoms with van der Waals surface area (Å²) in [6.07, 6.45) is 3.32. The van der Waals surface area contributed by atoms with Crippen molar-refractivity contribution in [1.29, 1.82) is 0 Å². The van der Waals surface area contributed by atoms with Crippen molar-refractivity contribution in [1.82, 2.24) is 10.2 Å². The number of rotatable bonds is 2. The van der Waals surface area contributed by atoms with Crippen LogP contribution in [-0.4, -0.2) is 22.0 Å². The minimum atomic E-state index is -0.309. The molecule has 28 heavy (non-hydrogen) atoms. The van der Waals surface area contributed by atoms with Crippen LogP contribution in [0.15, 0.2) is 73.1 Å². The first-order valence-corrected chi connectivity index (χ1v) is 8.94. The lowest BCUT2D eigenvalue weighted by Gasteiger charge is -2.23. The molecule has 0 unspecified atom stereocenters. The second-order valence-corrected chi connectivity index (χ2v) is 6.67. The van der Waals surface area contributed by atoms with Crippen molar-refractivity contribution in [3.8, 4) is 11.1 Å². The highest BCUT2D eigenvalue weighted by molar-refractivity contribution is 6.21. The van der Waals surface area contributed by atoms with Gasteiger partial charge in [0.2, 0.25) is 11.8 Å². The molecule has 0 aliphatic carbocycles. The normalized spacial score (nSPS) is 13.9. The fraction of sp³-hybridized carbons (Fsp3) is 0.0455. The van der Waals surface area contributed by atoms with Crippen LogP contribution in [0.1, 0.15) is 6.42 Å². The zero-order valence-electron chi connectivity index (χ0n) is 14.8. The molecule has 0 saturated carbocycles. The smallest absolute Gasteiger partial charge is 0.241 e. The van der Waals surface area contributed by atoms with E-state index in [9.17, 15) is 9.59 Å². The quantitative estimate of drug-likeness (QED) is 0.520. The van der Waals surface area contributed by atoms with Crippen molar-refractivity contribution in [2.24, 2.45) is 0 Å². The summed E-state index contributed by atoms with van der Waals surface area (Å²) < 4.78 is 0. The Labute approximate surface area is 160 Å². The van der Waals surface area contributed by atoms with Crippen molar-refractivity contribution >= 4 is 39.6 Å². The van der Waals surface area contributed by atoms with E-state index in [0.29, 0.717) is 17.1 Å². The minimum Gasteiger partial charge on any atom is -0.323 e. The number of fused-ring (bicyclic) bond motifs is 3. The molecule has 0 atom stereocenters. The predicted octanol–water partition coefficient (Wildman–Crippen LogP) is 4.24. The topological polar surface area (TPSA) is 78.1 Å². The molecule has 2 heterocycles. The van der Waals surface area contributed by atoms with E-state index in [-0.39, 0.29) is 18.2 Å². The average molecular weight is 368 g/mol. The molecule has 1 aliphatic heterocycles. The van der Waals surface area contributed by atoms with Crippen LogP contribution < -0.4 is 10.2 Å². The van der Waals surface area contributed by atoms with Gasteiger partial charge in [0.25, 0.3) is 0 Å². The Balaban J connectivity index is 1.72. The number of benzene rings is 3. The lowest BCUT2D eigenvalue weighted by molar-refractivity contribution is -0.124. The molecular formula is C22H16N4O2. The van der Waals surface area contributed by atoms with Crippen LogP contribution in [0.2, 0.25) is 0 Å². The summed E-state index contributed by atoms with van der Waals surface area (Å²) in [6.45, 7) is 0. The third kappa shape index (κ3) is 2.63. The lowest BCUT2D eigenvalue weighted by atomic mass is 10.0. The number of amides is 2. The maximum absolute atomic E-state index is 13.0. The molecule has 0 spiro atoms. The van der Waals surface area contributed by atoms with Gasteiger partial charge in [-0.1, -0.05) is 42.5 Å². The van der Waals surface area contributed by atoms with Gasteiger partial charge >= 0.3 is 0 Å². The highest BCUT2D eigenvalue weighted by atomic mass is 16.2. The second kappa shape index (κ2) is 6.35. The van der Waals surface area contributed by atoms with E-state index >= 15 is 0 Å². The Kier molecular flexibility index (Phi) is 3.69. The highest BCUT2D eigenvalue weighted by Crippen LogP contribution is 2.40. The van der Waals surface area contributed by atoms with Gasteiger partial charge in [-0.3, -0.25) is 19.6 Å². The minimum absolute atomic E-state index is 0.209. The molecule has 1 aromatic heterocycles. The van der Waals surface area contributed by atoms with Crippen LogP contribution in [-0.2, 0) is 9.59 Å². The van der Waals surface area contributed by atoms with Gasteiger partial charge in [-0.05, 0) is 29.1 Å². The molecule has 2 N–H and O–H groups in total. The first-order chi connectivity index (χ1) is 13.7. The van der Waals surface area contributed by atoms with E-state index < -0.39 is 0 Å². The summed E-state index contributed by atoms with van der Waals surface area (Å²) in [5, 5.41) is 11.6. The van der Waals surface area contributed by atoms with Crippen molar-refractivity contribution in [2.45, 2.75) is 6.42 Å². The fourth-order valence-electron chi connectivity index (χ4n) is 3.63. The molecule has 5 rings (SSSR count). The Morgan fingerprint density at radius 3 is 2.68 bits per heavy atom. The van der Waals surface area contributed by atoms with Gasteiger partial charge in [-0.15, -0.1) is 0 Å². The summed E-state index contributed by atoms with van der Waals surface area (Å²) in [7, 11) is 0. The maximum atomic E-state index is 13.0.